The smallest absolute Gasteiger partial charge is 0.230 e. The fourth-order valence-electron chi connectivity index (χ4n) is 5.54. The first-order valence-corrected chi connectivity index (χ1v) is 10.9. The zero-order chi connectivity index (χ0) is 20.4. The van der Waals surface area contributed by atoms with E-state index in [0.717, 1.165) is 69.6 Å². The lowest BCUT2D eigenvalue weighted by Crippen LogP contribution is -2.49. The van der Waals surface area contributed by atoms with E-state index >= 15 is 0 Å². The Kier molecular flexibility index (Phi) is 5.81. The summed E-state index contributed by atoms with van der Waals surface area (Å²) in [5, 5.41) is 0. The molecule has 29 heavy (non-hydrogen) atoms. The van der Waals surface area contributed by atoms with Gasteiger partial charge in [0.25, 0.3) is 0 Å². The van der Waals surface area contributed by atoms with Crippen LogP contribution in [-0.2, 0) is 16.0 Å². The molecule has 2 atom stereocenters. The molecule has 0 unspecified atom stereocenters. The Morgan fingerprint density at radius 2 is 1.83 bits per heavy atom. The molecule has 0 aliphatic carbocycles. The second-order valence-corrected chi connectivity index (χ2v) is 8.85. The monoisotopic (exact) mass is 399 g/mol. The van der Waals surface area contributed by atoms with Crippen molar-refractivity contribution in [1.29, 1.82) is 0 Å². The molecular weight excluding hydrogens is 366 g/mol. The highest BCUT2D eigenvalue weighted by molar-refractivity contribution is 5.85. The summed E-state index contributed by atoms with van der Waals surface area (Å²) in [7, 11) is 3.78. The number of fused-ring (bicyclic) bond motifs is 1. The van der Waals surface area contributed by atoms with Crippen molar-refractivity contribution in [3.63, 3.8) is 0 Å². The minimum absolute atomic E-state index is 0.143. The minimum Gasteiger partial charge on any atom is -0.497 e. The maximum absolute atomic E-state index is 13.5. The van der Waals surface area contributed by atoms with Gasteiger partial charge in [-0.25, -0.2) is 0 Å². The second kappa shape index (κ2) is 8.34. The lowest BCUT2D eigenvalue weighted by molar-refractivity contribution is -0.143. The van der Waals surface area contributed by atoms with Crippen molar-refractivity contribution in [3.05, 3.63) is 29.8 Å². The van der Waals surface area contributed by atoms with Crippen LogP contribution in [0.4, 0.5) is 0 Å². The predicted molar refractivity (Wildman–Crippen MR) is 112 cm³/mol. The van der Waals surface area contributed by atoms with Crippen LogP contribution in [0.5, 0.6) is 5.75 Å². The minimum atomic E-state index is -0.315. The summed E-state index contributed by atoms with van der Waals surface area (Å²) < 4.78 is 5.28. The first kappa shape index (κ1) is 20.2. The van der Waals surface area contributed by atoms with Crippen molar-refractivity contribution in [3.8, 4) is 5.75 Å². The molecule has 158 valence electrons. The number of hydrogen-bond donors (Lipinski definition) is 0. The molecular formula is C23H33N3O3. The van der Waals surface area contributed by atoms with E-state index in [1.807, 2.05) is 29.2 Å². The standard InChI is InChI=1S/C23H33N3O3/c1-24-14-9-23(22(28)26-11-3-4-12-26)10-15-25(13-8-20(23)24)21(27)17-18-6-5-7-19(16-18)29-2/h5-7,16,20H,3-4,8-15,17H2,1-2H3/t20-,23-/m0/s1. The highest BCUT2D eigenvalue weighted by atomic mass is 16.5. The number of carbonyl (C=O) groups is 2. The molecule has 1 aromatic carbocycles. The molecule has 0 radical (unpaired) electrons. The summed E-state index contributed by atoms with van der Waals surface area (Å²) in [6.45, 7) is 4.17. The molecule has 3 aliphatic rings. The normalized spacial score (nSPS) is 27.6. The first-order chi connectivity index (χ1) is 14.0. The SMILES string of the molecule is COc1cccc(CC(=O)N2CC[C@@H]3N(C)CC[C@]3(C(=O)N3CCCC3)CC2)c1. The van der Waals surface area contributed by atoms with Gasteiger partial charge in [0.15, 0.2) is 0 Å². The van der Waals surface area contributed by atoms with Gasteiger partial charge in [0.1, 0.15) is 5.75 Å². The number of amides is 2. The van der Waals surface area contributed by atoms with Crippen molar-refractivity contribution < 1.29 is 14.3 Å². The van der Waals surface area contributed by atoms with Crippen LogP contribution in [-0.4, -0.2) is 79.4 Å². The summed E-state index contributed by atoms with van der Waals surface area (Å²) in [5.41, 5.74) is 0.656. The number of methoxy groups -OCH3 is 1. The number of ether oxygens (including phenoxy) is 1. The number of carbonyl (C=O) groups excluding carboxylic acids is 2. The highest BCUT2D eigenvalue weighted by Crippen LogP contribution is 2.45. The van der Waals surface area contributed by atoms with E-state index < -0.39 is 0 Å². The summed E-state index contributed by atoms with van der Waals surface area (Å²) in [5.74, 6) is 1.26. The lowest BCUT2D eigenvalue weighted by Gasteiger charge is -2.37. The van der Waals surface area contributed by atoms with E-state index in [1.54, 1.807) is 7.11 Å². The summed E-state index contributed by atoms with van der Waals surface area (Å²) in [6, 6.07) is 7.96. The van der Waals surface area contributed by atoms with Crippen molar-refractivity contribution >= 4 is 11.8 Å². The van der Waals surface area contributed by atoms with Crippen LogP contribution < -0.4 is 4.74 Å². The Morgan fingerprint density at radius 1 is 1.07 bits per heavy atom. The quantitative estimate of drug-likeness (QED) is 0.779. The molecule has 0 N–H and O–H groups in total. The Hall–Kier alpha value is -2.08. The van der Waals surface area contributed by atoms with Crippen LogP contribution in [0, 0.1) is 5.41 Å². The van der Waals surface area contributed by atoms with Crippen LogP contribution in [0.3, 0.4) is 0 Å². The Balaban J connectivity index is 1.48. The van der Waals surface area contributed by atoms with Gasteiger partial charge in [-0.15, -0.1) is 0 Å². The average Bonchev–Trinajstić information content (AvgIpc) is 3.32. The Bertz CT molecular complexity index is 761. The van der Waals surface area contributed by atoms with E-state index in [2.05, 4.69) is 16.8 Å². The lowest BCUT2D eigenvalue weighted by atomic mass is 9.75. The van der Waals surface area contributed by atoms with Gasteiger partial charge in [-0.1, -0.05) is 12.1 Å². The van der Waals surface area contributed by atoms with Gasteiger partial charge in [0, 0.05) is 32.2 Å². The van der Waals surface area contributed by atoms with Gasteiger partial charge in [-0.3, -0.25) is 9.59 Å². The molecule has 3 heterocycles. The van der Waals surface area contributed by atoms with E-state index in [1.165, 1.54) is 0 Å². The maximum Gasteiger partial charge on any atom is 0.230 e. The molecule has 0 aromatic heterocycles. The zero-order valence-corrected chi connectivity index (χ0v) is 17.7. The largest absolute Gasteiger partial charge is 0.497 e. The number of rotatable bonds is 4. The topological polar surface area (TPSA) is 53.1 Å². The molecule has 0 saturated carbocycles. The molecule has 3 aliphatic heterocycles. The van der Waals surface area contributed by atoms with E-state index in [0.29, 0.717) is 18.9 Å². The number of benzene rings is 1. The molecule has 6 nitrogen and oxygen atoms in total. The molecule has 3 fully saturated rings. The van der Waals surface area contributed by atoms with Gasteiger partial charge in [-0.05, 0) is 63.4 Å². The predicted octanol–water partition coefficient (Wildman–Crippen LogP) is 2.17. The summed E-state index contributed by atoms with van der Waals surface area (Å²) in [6.07, 6.45) is 5.19. The maximum atomic E-state index is 13.5. The fourth-order valence-corrected chi connectivity index (χ4v) is 5.54. The third kappa shape index (κ3) is 3.87. The summed E-state index contributed by atoms with van der Waals surface area (Å²) >= 11 is 0. The molecule has 4 rings (SSSR count). The third-order valence-electron chi connectivity index (χ3n) is 7.24. The second-order valence-electron chi connectivity index (χ2n) is 8.85. The molecule has 2 amide bonds. The van der Waals surface area contributed by atoms with Crippen molar-refractivity contribution in [2.75, 3.05) is 46.9 Å². The van der Waals surface area contributed by atoms with Gasteiger partial charge in [0.05, 0.1) is 18.9 Å². The van der Waals surface area contributed by atoms with Crippen LogP contribution >= 0.6 is 0 Å². The van der Waals surface area contributed by atoms with Gasteiger partial charge < -0.3 is 19.4 Å². The molecule has 1 aromatic rings. The van der Waals surface area contributed by atoms with Crippen LogP contribution in [0.1, 0.15) is 37.7 Å². The van der Waals surface area contributed by atoms with Crippen molar-refractivity contribution in [2.24, 2.45) is 5.41 Å². The van der Waals surface area contributed by atoms with E-state index in [-0.39, 0.29) is 17.4 Å². The highest BCUT2D eigenvalue weighted by Gasteiger charge is 2.54. The van der Waals surface area contributed by atoms with Crippen molar-refractivity contribution in [2.45, 2.75) is 44.6 Å². The number of hydrogen-bond acceptors (Lipinski definition) is 4. The van der Waals surface area contributed by atoms with Gasteiger partial charge >= 0.3 is 0 Å². The zero-order valence-electron chi connectivity index (χ0n) is 17.7. The first-order valence-electron chi connectivity index (χ1n) is 10.9. The average molecular weight is 400 g/mol. The van der Waals surface area contributed by atoms with Crippen LogP contribution in [0.2, 0.25) is 0 Å². The van der Waals surface area contributed by atoms with E-state index in [9.17, 15) is 9.59 Å². The van der Waals surface area contributed by atoms with Gasteiger partial charge in [-0.2, -0.15) is 0 Å². The van der Waals surface area contributed by atoms with Crippen LogP contribution in [0.25, 0.3) is 0 Å². The molecule has 0 bridgehead atoms. The Labute approximate surface area is 173 Å². The number of likely N-dealkylation sites (tertiary alicyclic amines) is 3. The molecule has 6 heteroatoms. The molecule has 3 saturated heterocycles. The fraction of sp³-hybridized carbons (Fsp3) is 0.652. The van der Waals surface area contributed by atoms with Crippen molar-refractivity contribution in [1.82, 2.24) is 14.7 Å². The number of nitrogens with zero attached hydrogens (tertiary/aromatic N) is 3. The van der Waals surface area contributed by atoms with Crippen LogP contribution in [0.15, 0.2) is 24.3 Å². The van der Waals surface area contributed by atoms with E-state index in [4.69, 9.17) is 4.74 Å². The third-order valence-corrected chi connectivity index (χ3v) is 7.24. The molecule has 0 spiro atoms. The van der Waals surface area contributed by atoms with Gasteiger partial charge in [0.2, 0.25) is 11.8 Å². The summed E-state index contributed by atoms with van der Waals surface area (Å²) in [4.78, 5) is 33.0. The Morgan fingerprint density at radius 3 is 2.59 bits per heavy atom.